The van der Waals surface area contributed by atoms with Gasteiger partial charge in [-0.1, -0.05) is 140 Å². The zero-order valence-electron chi connectivity index (χ0n) is 26.4. The fourth-order valence-electron chi connectivity index (χ4n) is 7.09. The molecule has 0 spiro atoms. The van der Waals surface area contributed by atoms with Gasteiger partial charge in [0.2, 0.25) is 0 Å². The maximum atomic E-state index is 2.45. The number of anilines is 3. The highest BCUT2D eigenvalue weighted by molar-refractivity contribution is 6.19. The van der Waals surface area contributed by atoms with E-state index >= 15 is 0 Å². The van der Waals surface area contributed by atoms with Crippen LogP contribution in [0.5, 0.6) is 0 Å². The van der Waals surface area contributed by atoms with Gasteiger partial charge in [-0.15, -0.1) is 0 Å². The van der Waals surface area contributed by atoms with E-state index in [2.05, 4.69) is 204 Å². The lowest BCUT2D eigenvalue weighted by molar-refractivity contribution is 1.19. The molecule has 8 aromatic carbocycles. The molecule has 0 radical (unpaired) electrons. The van der Waals surface area contributed by atoms with Gasteiger partial charge in [0, 0.05) is 38.9 Å². The standard InChI is InChI=1S/C46H32N2/c1-4-13-33(14-5-1)35-23-27-39(28-24-35)47(38-18-8-3-9-19-38)41-29-25-36-26-30-43-42-21-10-11-22-45(42)48(46(43)44(36)32-41)40-20-12-17-37(31-40)34-15-6-2-7-16-34/h1-32H. The molecule has 0 aliphatic heterocycles. The number of rotatable bonds is 6. The quantitative estimate of drug-likeness (QED) is 0.181. The summed E-state index contributed by atoms with van der Waals surface area (Å²) >= 11 is 0. The van der Waals surface area contributed by atoms with Crippen molar-refractivity contribution < 1.29 is 0 Å². The molecule has 2 nitrogen and oxygen atoms in total. The van der Waals surface area contributed by atoms with Crippen LogP contribution in [0.3, 0.4) is 0 Å². The summed E-state index contributed by atoms with van der Waals surface area (Å²) in [5.41, 5.74) is 11.7. The fourth-order valence-corrected chi connectivity index (χ4v) is 7.09. The SMILES string of the molecule is c1ccc(-c2ccc(N(c3ccccc3)c3ccc4ccc5c6ccccc6n(-c6cccc(-c7ccccc7)c6)c5c4c3)cc2)cc1. The van der Waals surface area contributed by atoms with Crippen LogP contribution in [0.4, 0.5) is 17.1 Å². The van der Waals surface area contributed by atoms with Crippen molar-refractivity contribution in [2.45, 2.75) is 0 Å². The van der Waals surface area contributed by atoms with Crippen LogP contribution in [0.15, 0.2) is 194 Å². The van der Waals surface area contributed by atoms with Gasteiger partial charge in [-0.05, 0) is 82.2 Å². The highest BCUT2D eigenvalue weighted by atomic mass is 15.1. The third kappa shape index (κ3) is 4.83. The fraction of sp³-hybridized carbons (Fsp3) is 0. The summed E-state index contributed by atoms with van der Waals surface area (Å²) in [6.45, 7) is 0. The summed E-state index contributed by atoms with van der Waals surface area (Å²) < 4.78 is 2.45. The molecule has 0 atom stereocenters. The summed E-state index contributed by atoms with van der Waals surface area (Å²) in [4.78, 5) is 2.36. The Morgan fingerprint density at radius 1 is 0.333 bits per heavy atom. The predicted octanol–water partition coefficient (Wildman–Crippen LogP) is 12.7. The smallest absolute Gasteiger partial charge is 0.0620 e. The van der Waals surface area contributed by atoms with Gasteiger partial charge in [0.1, 0.15) is 0 Å². The summed E-state index contributed by atoms with van der Waals surface area (Å²) in [5.74, 6) is 0. The largest absolute Gasteiger partial charge is 0.310 e. The van der Waals surface area contributed by atoms with Gasteiger partial charge < -0.3 is 9.47 Å². The van der Waals surface area contributed by atoms with Crippen molar-refractivity contribution in [2.24, 2.45) is 0 Å². The molecule has 48 heavy (non-hydrogen) atoms. The van der Waals surface area contributed by atoms with Crippen molar-refractivity contribution in [1.82, 2.24) is 4.57 Å². The number of hydrogen-bond donors (Lipinski definition) is 0. The van der Waals surface area contributed by atoms with E-state index in [1.165, 1.54) is 54.8 Å². The summed E-state index contributed by atoms with van der Waals surface area (Å²) in [6.07, 6.45) is 0. The number of benzene rings is 8. The molecule has 0 saturated heterocycles. The molecule has 0 aliphatic rings. The molecule has 0 fully saturated rings. The highest BCUT2D eigenvalue weighted by Crippen LogP contribution is 2.41. The Bertz CT molecular complexity index is 2530. The van der Waals surface area contributed by atoms with E-state index in [-0.39, 0.29) is 0 Å². The van der Waals surface area contributed by atoms with Crippen molar-refractivity contribution in [3.05, 3.63) is 194 Å². The molecule has 9 aromatic rings. The molecule has 1 aromatic heterocycles. The lowest BCUT2D eigenvalue weighted by atomic mass is 10.0. The Morgan fingerprint density at radius 3 is 1.65 bits per heavy atom. The van der Waals surface area contributed by atoms with Gasteiger partial charge in [0.25, 0.3) is 0 Å². The number of nitrogens with zero attached hydrogens (tertiary/aromatic N) is 2. The first-order valence-corrected chi connectivity index (χ1v) is 16.4. The van der Waals surface area contributed by atoms with Crippen LogP contribution in [-0.2, 0) is 0 Å². The second-order valence-corrected chi connectivity index (χ2v) is 12.2. The maximum absolute atomic E-state index is 2.45. The molecule has 0 saturated carbocycles. The van der Waals surface area contributed by atoms with E-state index < -0.39 is 0 Å². The first-order chi connectivity index (χ1) is 23.8. The molecule has 0 bridgehead atoms. The Kier molecular flexibility index (Phi) is 6.84. The second kappa shape index (κ2) is 11.8. The van der Waals surface area contributed by atoms with Crippen LogP contribution in [0.2, 0.25) is 0 Å². The maximum Gasteiger partial charge on any atom is 0.0620 e. The average molecular weight is 613 g/mol. The van der Waals surface area contributed by atoms with Crippen LogP contribution in [-0.4, -0.2) is 4.57 Å². The van der Waals surface area contributed by atoms with Gasteiger partial charge in [0.15, 0.2) is 0 Å². The van der Waals surface area contributed by atoms with E-state index in [0.717, 1.165) is 22.7 Å². The van der Waals surface area contributed by atoms with E-state index in [4.69, 9.17) is 0 Å². The van der Waals surface area contributed by atoms with Crippen LogP contribution < -0.4 is 4.90 Å². The van der Waals surface area contributed by atoms with Crippen LogP contribution in [0, 0.1) is 0 Å². The minimum Gasteiger partial charge on any atom is -0.310 e. The molecule has 2 heteroatoms. The first-order valence-electron chi connectivity index (χ1n) is 16.4. The van der Waals surface area contributed by atoms with Gasteiger partial charge in [-0.3, -0.25) is 0 Å². The zero-order valence-corrected chi connectivity index (χ0v) is 26.4. The lowest BCUT2D eigenvalue weighted by Crippen LogP contribution is -2.09. The minimum absolute atomic E-state index is 1.11. The monoisotopic (exact) mass is 612 g/mol. The van der Waals surface area contributed by atoms with Gasteiger partial charge in [-0.2, -0.15) is 0 Å². The van der Waals surface area contributed by atoms with Crippen LogP contribution in [0.1, 0.15) is 0 Å². The molecule has 0 unspecified atom stereocenters. The molecule has 1 heterocycles. The van der Waals surface area contributed by atoms with E-state index in [1.54, 1.807) is 0 Å². The van der Waals surface area contributed by atoms with Crippen molar-refractivity contribution >= 4 is 49.6 Å². The topological polar surface area (TPSA) is 8.17 Å². The van der Waals surface area contributed by atoms with Crippen molar-refractivity contribution in [3.63, 3.8) is 0 Å². The van der Waals surface area contributed by atoms with Crippen molar-refractivity contribution in [3.8, 4) is 27.9 Å². The molecular formula is C46H32N2. The molecular weight excluding hydrogens is 581 g/mol. The van der Waals surface area contributed by atoms with Crippen LogP contribution >= 0.6 is 0 Å². The summed E-state index contributed by atoms with van der Waals surface area (Å²) in [6, 6.07) is 69.9. The Hall–Kier alpha value is -6.38. The molecule has 0 aliphatic carbocycles. The Morgan fingerprint density at radius 2 is 0.896 bits per heavy atom. The third-order valence-electron chi connectivity index (χ3n) is 9.35. The van der Waals surface area contributed by atoms with Gasteiger partial charge in [-0.25, -0.2) is 0 Å². The number of aromatic nitrogens is 1. The number of fused-ring (bicyclic) bond motifs is 5. The molecule has 0 amide bonds. The Labute approximate surface area is 280 Å². The van der Waals surface area contributed by atoms with E-state index in [9.17, 15) is 0 Å². The molecule has 226 valence electrons. The van der Waals surface area contributed by atoms with Crippen molar-refractivity contribution in [2.75, 3.05) is 4.90 Å². The third-order valence-corrected chi connectivity index (χ3v) is 9.35. The van der Waals surface area contributed by atoms with Crippen LogP contribution in [0.25, 0.3) is 60.5 Å². The average Bonchev–Trinajstić information content (AvgIpc) is 3.51. The highest BCUT2D eigenvalue weighted by Gasteiger charge is 2.18. The molecule has 0 N–H and O–H groups in total. The summed E-state index contributed by atoms with van der Waals surface area (Å²) in [5, 5.41) is 4.93. The minimum atomic E-state index is 1.11. The summed E-state index contributed by atoms with van der Waals surface area (Å²) in [7, 11) is 0. The van der Waals surface area contributed by atoms with Crippen molar-refractivity contribution in [1.29, 1.82) is 0 Å². The Balaban J connectivity index is 1.27. The van der Waals surface area contributed by atoms with Gasteiger partial charge >= 0.3 is 0 Å². The number of para-hydroxylation sites is 2. The number of hydrogen-bond acceptors (Lipinski definition) is 1. The zero-order chi connectivity index (χ0) is 31.9. The normalized spacial score (nSPS) is 11.3. The first kappa shape index (κ1) is 27.9. The van der Waals surface area contributed by atoms with Gasteiger partial charge in [0.05, 0.1) is 11.0 Å². The van der Waals surface area contributed by atoms with E-state index in [1.807, 2.05) is 0 Å². The lowest BCUT2D eigenvalue weighted by Gasteiger charge is -2.26. The second-order valence-electron chi connectivity index (χ2n) is 12.2. The predicted molar refractivity (Wildman–Crippen MR) is 204 cm³/mol. The molecule has 9 rings (SSSR count). The van der Waals surface area contributed by atoms with E-state index in [0.29, 0.717) is 0 Å².